The van der Waals surface area contributed by atoms with Crippen molar-refractivity contribution < 1.29 is 4.74 Å². The highest BCUT2D eigenvalue weighted by Gasteiger charge is 2.05. The number of nitriles is 3. The fourth-order valence-corrected chi connectivity index (χ4v) is 1.80. The van der Waals surface area contributed by atoms with E-state index in [1.54, 1.807) is 30.3 Å². The fourth-order valence-electron chi connectivity index (χ4n) is 1.80. The maximum absolute atomic E-state index is 9.15. The summed E-state index contributed by atoms with van der Waals surface area (Å²) >= 11 is 0. The number of benzene rings is 2. The van der Waals surface area contributed by atoms with E-state index in [-0.39, 0.29) is 5.57 Å². The number of nitrogens with one attached hydrogen (secondary N) is 1. The molecule has 0 fully saturated rings. The smallest absolute Gasteiger partial charge is 0.145 e. The Hall–Kier alpha value is -3.75. The van der Waals surface area contributed by atoms with Crippen LogP contribution < -0.4 is 10.1 Å². The summed E-state index contributed by atoms with van der Waals surface area (Å²) in [6, 6.07) is 20.2. The Bertz CT molecular complexity index is 820. The summed E-state index contributed by atoms with van der Waals surface area (Å²) in [7, 11) is 0. The van der Waals surface area contributed by atoms with E-state index in [4.69, 9.17) is 20.5 Å². The molecule has 0 aliphatic carbocycles. The summed E-state index contributed by atoms with van der Waals surface area (Å²) in [5.41, 5.74) is 1.98. The minimum Gasteiger partial charge on any atom is -0.487 e. The first-order valence-electron chi connectivity index (χ1n) is 6.74. The van der Waals surface area contributed by atoms with Crippen molar-refractivity contribution in [1.29, 1.82) is 15.8 Å². The number of hydrogen-bond acceptors (Lipinski definition) is 5. The lowest BCUT2D eigenvalue weighted by Gasteiger charge is -2.10. The van der Waals surface area contributed by atoms with E-state index in [0.717, 1.165) is 5.56 Å². The van der Waals surface area contributed by atoms with Crippen molar-refractivity contribution in [2.24, 2.45) is 0 Å². The molecule has 110 valence electrons. The molecule has 2 aromatic rings. The van der Waals surface area contributed by atoms with Crippen LogP contribution in [0.3, 0.4) is 0 Å². The van der Waals surface area contributed by atoms with E-state index >= 15 is 0 Å². The summed E-state index contributed by atoms with van der Waals surface area (Å²) in [5, 5.41) is 29.4. The average molecular weight is 300 g/mol. The maximum Gasteiger partial charge on any atom is 0.145 e. The molecule has 5 nitrogen and oxygen atoms in total. The Morgan fingerprint density at radius 3 is 2.43 bits per heavy atom. The molecule has 23 heavy (non-hydrogen) atoms. The van der Waals surface area contributed by atoms with Crippen LogP contribution in [-0.2, 0) is 6.61 Å². The van der Waals surface area contributed by atoms with Gasteiger partial charge in [0.25, 0.3) is 0 Å². The molecule has 0 heterocycles. The SMILES string of the molecule is N#CC(C#N)=CNc1ccc(C#N)c(OCc2ccccc2)c1. The normalized spacial score (nSPS) is 8.91. The first kappa shape index (κ1) is 15.6. The summed E-state index contributed by atoms with van der Waals surface area (Å²) in [6.07, 6.45) is 1.31. The maximum atomic E-state index is 9.15. The lowest BCUT2D eigenvalue weighted by molar-refractivity contribution is 0.305. The molecular weight excluding hydrogens is 288 g/mol. The molecule has 0 saturated carbocycles. The molecule has 0 unspecified atom stereocenters. The molecule has 5 heteroatoms. The Morgan fingerprint density at radius 1 is 1.04 bits per heavy atom. The van der Waals surface area contributed by atoms with Gasteiger partial charge in [0.05, 0.1) is 5.56 Å². The molecular formula is C18H12N4O. The van der Waals surface area contributed by atoms with Gasteiger partial charge in [-0.1, -0.05) is 30.3 Å². The molecule has 0 amide bonds. The Kier molecular flexibility index (Phi) is 5.36. The van der Waals surface area contributed by atoms with Crippen molar-refractivity contribution in [3.63, 3.8) is 0 Å². The molecule has 2 rings (SSSR count). The van der Waals surface area contributed by atoms with Crippen LogP contribution in [0.5, 0.6) is 5.75 Å². The molecule has 0 radical (unpaired) electrons. The second-order valence-electron chi connectivity index (χ2n) is 4.52. The zero-order chi connectivity index (χ0) is 16.5. The van der Waals surface area contributed by atoms with Crippen molar-refractivity contribution >= 4 is 5.69 Å². The fraction of sp³-hybridized carbons (Fsp3) is 0.0556. The minimum atomic E-state index is -0.0406. The van der Waals surface area contributed by atoms with Gasteiger partial charge >= 0.3 is 0 Å². The summed E-state index contributed by atoms with van der Waals surface area (Å²) in [5.74, 6) is 0.435. The van der Waals surface area contributed by atoms with E-state index < -0.39 is 0 Å². The summed E-state index contributed by atoms with van der Waals surface area (Å²) in [6.45, 7) is 0.344. The highest BCUT2D eigenvalue weighted by atomic mass is 16.5. The number of rotatable bonds is 5. The van der Waals surface area contributed by atoms with Gasteiger partial charge in [-0.05, 0) is 17.7 Å². The highest BCUT2D eigenvalue weighted by Crippen LogP contribution is 2.24. The predicted molar refractivity (Wildman–Crippen MR) is 84.9 cm³/mol. The Labute approximate surface area is 134 Å². The van der Waals surface area contributed by atoms with E-state index in [9.17, 15) is 0 Å². The van der Waals surface area contributed by atoms with Gasteiger partial charge in [0.2, 0.25) is 0 Å². The molecule has 1 N–H and O–H groups in total. The van der Waals surface area contributed by atoms with Crippen LogP contribution in [0.1, 0.15) is 11.1 Å². The van der Waals surface area contributed by atoms with Gasteiger partial charge in [-0.3, -0.25) is 0 Å². The van der Waals surface area contributed by atoms with Crippen LogP contribution in [0.15, 0.2) is 60.3 Å². The Balaban J connectivity index is 2.16. The van der Waals surface area contributed by atoms with Gasteiger partial charge in [-0.2, -0.15) is 15.8 Å². The van der Waals surface area contributed by atoms with Crippen molar-refractivity contribution in [2.45, 2.75) is 6.61 Å². The van der Waals surface area contributed by atoms with E-state index in [0.29, 0.717) is 23.6 Å². The first-order chi connectivity index (χ1) is 11.3. The van der Waals surface area contributed by atoms with E-state index in [1.165, 1.54) is 6.20 Å². The molecule has 0 spiro atoms. The van der Waals surface area contributed by atoms with Crippen molar-refractivity contribution in [2.75, 3.05) is 5.32 Å². The molecule has 0 aliphatic rings. The van der Waals surface area contributed by atoms with Gasteiger partial charge in [0.15, 0.2) is 0 Å². The van der Waals surface area contributed by atoms with Crippen LogP contribution in [-0.4, -0.2) is 0 Å². The molecule has 2 aromatic carbocycles. The number of nitrogens with zero attached hydrogens (tertiary/aromatic N) is 3. The molecule has 0 aliphatic heterocycles. The quantitative estimate of drug-likeness (QED) is 0.853. The molecule has 0 aromatic heterocycles. The second-order valence-corrected chi connectivity index (χ2v) is 4.52. The van der Waals surface area contributed by atoms with Gasteiger partial charge in [0.1, 0.15) is 36.1 Å². The molecule has 0 bridgehead atoms. The highest BCUT2D eigenvalue weighted by molar-refractivity contribution is 5.57. The third-order valence-electron chi connectivity index (χ3n) is 2.96. The standard InChI is InChI=1S/C18H12N4O/c19-9-15(10-20)12-22-17-7-6-16(11-21)18(8-17)23-13-14-4-2-1-3-5-14/h1-8,12,22H,13H2. The topological polar surface area (TPSA) is 92.6 Å². The molecule has 0 saturated heterocycles. The first-order valence-corrected chi connectivity index (χ1v) is 6.74. The zero-order valence-electron chi connectivity index (χ0n) is 12.2. The average Bonchev–Trinajstić information content (AvgIpc) is 2.62. The summed E-state index contributed by atoms with van der Waals surface area (Å²) in [4.78, 5) is 0. The van der Waals surface area contributed by atoms with Gasteiger partial charge < -0.3 is 10.1 Å². The molecule has 0 atom stereocenters. The van der Waals surface area contributed by atoms with Crippen LogP contribution >= 0.6 is 0 Å². The third-order valence-corrected chi connectivity index (χ3v) is 2.96. The summed E-state index contributed by atoms with van der Waals surface area (Å²) < 4.78 is 5.70. The number of anilines is 1. The van der Waals surface area contributed by atoms with Gasteiger partial charge in [-0.25, -0.2) is 0 Å². The van der Waals surface area contributed by atoms with Crippen molar-refractivity contribution in [1.82, 2.24) is 0 Å². The number of hydrogen-bond donors (Lipinski definition) is 1. The van der Waals surface area contributed by atoms with Gasteiger partial charge in [0, 0.05) is 18.0 Å². The minimum absolute atomic E-state index is 0.0406. The van der Waals surface area contributed by atoms with Gasteiger partial charge in [-0.15, -0.1) is 0 Å². The monoisotopic (exact) mass is 300 g/mol. The van der Waals surface area contributed by atoms with Crippen molar-refractivity contribution in [3.8, 4) is 24.0 Å². The van der Waals surface area contributed by atoms with Crippen LogP contribution in [0.2, 0.25) is 0 Å². The van der Waals surface area contributed by atoms with Crippen LogP contribution in [0.25, 0.3) is 0 Å². The van der Waals surface area contributed by atoms with E-state index in [1.807, 2.05) is 30.3 Å². The van der Waals surface area contributed by atoms with Crippen molar-refractivity contribution in [3.05, 3.63) is 71.4 Å². The predicted octanol–water partition coefficient (Wildman–Crippen LogP) is 3.48. The Morgan fingerprint density at radius 2 is 1.78 bits per heavy atom. The number of allylic oxidation sites excluding steroid dienone is 1. The lowest BCUT2D eigenvalue weighted by Crippen LogP contribution is -1.98. The largest absolute Gasteiger partial charge is 0.487 e. The second kappa shape index (κ2) is 7.88. The van der Waals surface area contributed by atoms with E-state index in [2.05, 4.69) is 11.4 Å². The lowest BCUT2D eigenvalue weighted by atomic mass is 10.2. The number of ether oxygens (including phenoxy) is 1. The van der Waals surface area contributed by atoms with Crippen LogP contribution in [0.4, 0.5) is 5.69 Å². The zero-order valence-corrected chi connectivity index (χ0v) is 12.2. The van der Waals surface area contributed by atoms with Crippen LogP contribution in [0, 0.1) is 34.0 Å². The third kappa shape index (κ3) is 4.36.